The van der Waals surface area contributed by atoms with Crippen molar-refractivity contribution >= 4 is 5.69 Å². The van der Waals surface area contributed by atoms with Gasteiger partial charge in [0.1, 0.15) is 5.75 Å². The zero-order valence-corrected chi connectivity index (χ0v) is 18.5. The molecule has 3 N–H and O–H groups in total. The molecular weight excluding hydrogens is 400 g/mol. The van der Waals surface area contributed by atoms with Gasteiger partial charge in [-0.3, -0.25) is 4.98 Å². The van der Waals surface area contributed by atoms with E-state index >= 15 is 0 Å². The van der Waals surface area contributed by atoms with Crippen molar-refractivity contribution in [3.8, 4) is 22.6 Å². The molecule has 2 aliphatic rings. The lowest BCUT2D eigenvalue weighted by Crippen LogP contribution is -2.43. The quantitative estimate of drug-likeness (QED) is 0.622. The summed E-state index contributed by atoms with van der Waals surface area (Å²) in [5.74, 6) is 1.38. The van der Waals surface area contributed by atoms with Crippen molar-refractivity contribution < 1.29 is 4.74 Å². The summed E-state index contributed by atoms with van der Waals surface area (Å²) >= 11 is 0. The first-order chi connectivity index (χ1) is 15.8. The molecule has 32 heavy (non-hydrogen) atoms. The van der Waals surface area contributed by atoms with Crippen LogP contribution in [0.3, 0.4) is 0 Å². The monoisotopic (exact) mass is 432 g/mol. The van der Waals surface area contributed by atoms with Crippen molar-refractivity contribution in [1.29, 1.82) is 0 Å². The molecule has 7 nitrogen and oxygen atoms in total. The average Bonchev–Trinajstić information content (AvgIpc) is 3.35. The second kappa shape index (κ2) is 9.71. The highest BCUT2D eigenvalue weighted by Crippen LogP contribution is 2.31. The summed E-state index contributed by atoms with van der Waals surface area (Å²) in [6, 6.07) is 11.0. The fourth-order valence-electron chi connectivity index (χ4n) is 4.64. The number of nitrogens with zero attached hydrogens (tertiary/aromatic N) is 4. The number of aromatic nitrogens is 3. The van der Waals surface area contributed by atoms with Gasteiger partial charge in [-0.05, 0) is 61.9 Å². The third-order valence-corrected chi connectivity index (χ3v) is 6.64. The second-order valence-electron chi connectivity index (χ2n) is 8.89. The van der Waals surface area contributed by atoms with Crippen molar-refractivity contribution in [3.05, 3.63) is 55.1 Å². The molecule has 0 unspecified atom stereocenters. The van der Waals surface area contributed by atoms with Crippen LogP contribution in [0.25, 0.3) is 16.8 Å². The van der Waals surface area contributed by atoms with Crippen molar-refractivity contribution in [2.45, 2.75) is 31.7 Å². The zero-order valence-electron chi connectivity index (χ0n) is 18.5. The summed E-state index contributed by atoms with van der Waals surface area (Å²) in [6.45, 7) is 4.88. The molecule has 0 radical (unpaired) electrons. The summed E-state index contributed by atoms with van der Waals surface area (Å²) in [5, 5.41) is 8.01. The first kappa shape index (κ1) is 21.0. The lowest BCUT2D eigenvalue weighted by molar-refractivity contribution is 0.200. The molecular formula is C25H32N6O. The van der Waals surface area contributed by atoms with Gasteiger partial charge in [0.05, 0.1) is 24.7 Å². The first-order valence-corrected chi connectivity index (χ1v) is 11.7. The van der Waals surface area contributed by atoms with Gasteiger partial charge in [-0.1, -0.05) is 0 Å². The minimum Gasteiger partial charge on any atom is -0.491 e. The van der Waals surface area contributed by atoms with E-state index in [9.17, 15) is 0 Å². The van der Waals surface area contributed by atoms with Gasteiger partial charge in [0.25, 0.3) is 0 Å². The van der Waals surface area contributed by atoms with Gasteiger partial charge in [0, 0.05) is 61.4 Å². The Kier molecular flexibility index (Phi) is 6.36. The van der Waals surface area contributed by atoms with Crippen LogP contribution in [0, 0.1) is 5.92 Å². The van der Waals surface area contributed by atoms with E-state index in [4.69, 9.17) is 10.5 Å². The Morgan fingerprint density at radius 3 is 2.50 bits per heavy atom. The van der Waals surface area contributed by atoms with E-state index in [0.29, 0.717) is 18.6 Å². The van der Waals surface area contributed by atoms with Crippen LogP contribution >= 0.6 is 0 Å². The summed E-state index contributed by atoms with van der Waals surface area (Å²) in [7, 11) is 0. The smallest absolute Gasteiger partial charge is 0.145 e. The van der Waals surface area contributed by atoms with E-state index < -0.39 is 0 Å². The highest BCUT2D eigenvalue weighted by molar-refractivity contribution is 5.68. The normalized spacial score (nSPS) is 21.5. The van der Waals surface area contributed by atoms with E-state index in [-0.39, 0.29) is 0 Å². The molecule has 0 bridgehead atoms. The number of benzene rings is 1. The maximum absolute atomic E-state index is 6.21. The molecule has 0 spiro atoms. The lowest BCUT2D eigenvalue weighted by atomic mass is 9.87. The molecule has 7 heteroatoms. The Morgan fingerprint density at radius 1 is 0.969 bits per heavy atom. The molecule has 0 atom stereocenters. The molecule has 3 heterocycles. The number of nitrogens with two attached hydrogens (primary N) is 1. The van der Waals surface area contributed by atoms with E-state index in [0.717, 1.165) is 74.4 Å². The predicted molar refractivity (Wildman–Crippen MR) is 127 cm³/mol. The number of hydrogen-bond acceptors (Lipinski definition) is 6. The van der Waals surface area contributed by atoms with Crippen LogP contribution in [0.2, 0.25) is 0 Å². The Labute approximate surface area is 189 Å². The number of piperazine rings is 1. The van der Waals surface area contributed by atoms with Gasteiger partial charge in [-0.15, -0.1) is 0 Å². The number of pyridine rings is 1. The Morgan fingerprint density at radius 2 is 1.72 bits per heavy atom. The van der Waals surface area contributed by atoms with Crippen molar-refractivity contribution in [2.75, 3.05) is 37.7 Å². The maximum Gasteiger partial charge on any atom is 0.145 e. The molecule has 5 rings (SSSR count). The van der Waals surface area contributed by atoms with Gasteiger partial charge in [0.15, 0.2) is 0 Å². The number of rotatable bonds is 6. The topological polar surface area (TPSA) is 81.2 Å². The van der Waals surface area contributed by atoms with E-state index in [1.165, 1.54) is 5.69 Å². The van der Waals surface area contributed by atoms with Gasteiger partial charge >= 0.3 is 0 Å². The van der Waals surface area contributed by atoms with Crippen LogP contribution in [-0.2, 0) is 0 Å². The number of anilines is 1. The number of nitrogens with one attached hydrogen (secondary N) is 1. The second-order valence-corrected chi connectivity index (χ2v) is 8.89. The predicted octanol–water partition coefficient (Wildman–Crippen LogP) is 3.24. The SMILES string of the molecule is NC1CCC(COc2cnccc2-c2cnn(-c3ccc(N4CCNCC4)cc3)c2)CC1. The largest absolute Gasteiger partial charge is 0.491 e. The Hall–Kier alpha value is -2.90. The van der Waals surface area contributed by atoms with Gasteiger partial charge < -0.3 is 20.7 Å². The number of hydrogen-bond donors (Lipinski definition) is 2. The molecule has 1 aliphatic carbocycles. The van der Waals surface area contributed by atoms with Crippen LogP contribution in [-0.4, -0.2) is 53.6 Å². The molecule has 3 aromatic rings. The molecule has 0 amide bonds. The zero-order chi connectivity index (χ0) is 21.8. The van der Waals surface area contributed by atoms with E-state index in [2.05, 4.69) is 50.8 Å². The van der Waals surface area contributed by atoms with Crippen molar-refractivity contribution in [2.24, 2.45) is 11.7 Å². The summed E-state index contributed by atoms with van der Waals surface area (Å²) in [6.07, 6.45) is 12.0. The minimum absolute atomic E-state index is 0.358. The highest BCUT2D eigenvalue weighted by atomic mass is 16.5. The molecule has 1 aliphatic heterocycles. The summed E-state index contributed by atoms with van der Waals surface area (Å²) in [5.41, 5.74) is 10.4. The molecule has 1 aromatic carbocycles. The van der Waals surface area contributed by atoms with Crippen LogP contribution in [0.1, 0.15) is 25.7 Å². The van der Waals surface area contributed by atoms with Crippen LogP contribution < -0.4 is 20.7 Å². The molecule has 1 saturated heterocycles. The van der Waals surface area contributed by atoms with Crippen LogP contribution in [0.5, 0.6) is 5.75 Å². The van der Waals surface area contributed by atoms with Crippen molar-refractivity contribution in [1.82, 2.24) is 20.1 Å². The number of ether oxygens (including phenoxy) is 1. The summed E-state index contributed by atoms with van der Waals surface area (Å²) in [4.78, 5) is 6.70. The minimum atomic E-state index is 0.358. The average molecular weight is 433 g/mol. The first-order valence-electron chi connectivity index (χ1n) is 11.7. The molecule has 168 valence electrons. The van der Waals surface area contributed by atoms with Gasteiger partial charge in [-0.25, -0.2) is 4.68 Å². The van der Waals surface area contributed by atoms with Crippen LogP contribution in [0.4, 0.5) is 5.69 Å². The van der Waals surface area contributed by atoms with E-state index in [1.54, 1.807) is 6.20 Å². The highest BCUT2D eigenvalue weighted by Gasteiger charge is 2.20. The summed E-state index contributed by atoms with van der Waals surface area (Å²) < 4.78 is 8.13. The fourth-order valence-corrected chi connectivity index (χ4v) is 4.64. The third-order valence-electron chi connectivity index (χ3n) is 6.64. The van der Waals surface area contributed by atoms with Gasteiger partial charge in [0.2, 0.25) is 0 Å². The van der Waals surface area contributed by atoms with Crippen LogP contribution in [0.15, 0.2) is 55.1 Å². The Bertz CT molecular complexity index is 1000. The lowest BCUT2D eigenvalue weighted by Gasteiger charge is -2.29. The fraction of sp³-hybridized carbons (Fsp3) is 0.440. The van der Waals surface area contributed by atoms with E-state index in [1.807, 2.05) is 23.1 Å². The standard InChI is InChI=1S/C25H32N6O/c26-21-3-1-19(2-4-21)18-32-25-16-28-10-9-24(25)20-15-29-31(17-20)23-7-5-22(6-8-23)30-13-11-27-12-14-30/h5-10,15-17,19,21,27H,1-4,11-14,18,26H2. The maximum atomic E-state index is 6.21. The Balaban J connectivity index is 1.28. The van der Waals surface area contributed by atoms with Gasteiger partial charge in [-0.2, -0.15) is 5.10 Å². The van der Waals surface area contributed by atoms with Crippen molar-refractivity contribution in [3.63, 3.8) is 0 Å². The third kappa shape index (κ3) is 4.79. The molecule has 1 saturated carbocycles. The molecule has 2 aromatic heterocycles. The molecule has 2 fully saturated rings.